The minimum Gasteiger partial charge on any atom is -0.368 e. The number of carbonyl (C=O) groups is 2. The maximum atomic E-state index is 12.8. The van der Waals surface area contributed by atoms with Gasteiger partial charge in [0.15, 0.2) is 0 Å². The van der Waals surface area contributed by atoms with Crippen LogP contribution >= 0.6 is 0 Å². The summed E-state index contributed by atoms with van der Waals surface area (Å²) in [5.41, 5.74) is 6.48. The summed E-state index contributed by atoms with van der Waals surface area (Å²) in [5.74, 6) is 0.0000721. The third kappa shape index (κ3) is 4.83. The van der Waals surface area contributed by atoms with Gasteiger partial charge in [0.1, 0.15) is 0 Å². The number of hydrogen-bond acceptors (Lipinski definition) is 3. The first kappa shape index (κ1) is 21.6. The summed E-state index contributed by atoms with van der Waals surface area (Å²) in [6.07, 6.45) is 0. The van der Waals surface area contributed by atoms with Crippen molar-refractivity contribution in [3.63, 3.8) is 0 Å². The molecule has 5 nitrogen and oxygen atoms in total. The van der Waals surface area contributed by atoms with Crippen molar-refractivity contribution in [2.45, 2.75) is 20.8 Å². The van der Waals surface area contributed by atoms with E-state index in [0.717, 1.165) is 46.7 Å². The molecule has 2 amide bonds. The van der Waals surface area contributed by atoms with E-state index in [9.17, 15) is 9.59 Å². The van der Waals surface area contributed by atoms with Crippen molar-refractivity contribution in [3.8, 4) is 0 Å². The van der Waals surface area contributed by atoms with Crippen molar-refractivity contribution in [1.82, 2.24) is 4.90 Å². The van der Waals surface area contributed by atoms with Crippen LogP contribution in [0.5, 0.6) is 0 Å². The van der Waals surface area contributed by atoms with Crippen molar-refractivity contribution in [3.05, 3.63) is 94.5 Å². The van der Waals surface area contributed by atoms with Crippen LogP contribution in [-0.4, -0.2) is 42.9 Å². The van der Waals surface area contributed by atoms with E-state index in [1.165, 1.54) is 0 Å². The quantitative estimate of drug-likeness (QED) is 0.649. The Labute approximate surface area is 189 Å². The fraction of sp³-hybridized carbons (Fsp3) is 0.259. The van der Waals surface area contributed by atoms with Crippen molar-refractivity contribution in [2.75, 3.05) is 36.4 Å². The SMILES string of the molecule is Cc1cc(C)cc(C(=O)Nc2ccc(N3CCN(C(=O)c4ccccc4C)CC3)cc2)c1. The first-order valence-electron chi connectivity index (χ1n) is 11.0. The van der Waals surface area contributed by atoms with E-state index in [1.807, 2.05) is 86.3 Å². The standard InChI is InChI=1S/C27H29N3O2/c1-19-16-20(2)18-22(17-19)26(31)28-23-8-10-24(11-9-23)29-12-14-30(15-13-29)27(32)25-7-5-4-6-21(25)3/h4-11,16-18H,12-15H2,1-3H3,(H,28,31). The Hall–Kier alpha value is -3.60. The highest BCUT2D eigenvalue weighted by atomic mass is 16.2. The fourth-order valence-electron chi connectivity index (χ4n) is 4.22. The van der Waals surface area contributed by atoms with Gasteiger partial charge in [0, 0.05) is 48.7 Å². The van der Waals surface area contributed by atoms with Gasteiger partial charge in [-0.1, -0.05) is 35.4 Å². The van der Waals surface area contributed by atoms with Crippen LogP contribution in [0.3, 0.4) is 0 Å². The lowest BCUT2D eigenvalue weighted by atomic mass is 10.1. The van der Waals surface area contributed by atoms with Gasteiger partial charge in [-0.25, -0.2) is 0 Å². The van der Waals surface area contributed by atoms with E-state index >= 15 is 0 Å². The molecule has 3 aromatic carbocycles. The molecule has 1 aliphatic heterocycles. The molecule has 5 heteroatoms. The highest BCUT2D eigenvalue weighted by Gasteiger charge is 2.23. The van der Waals surface area contributed by atoms with Crippen LogP contribution in [0.15, 0.2) is 66.7 Å². The number of rotatable bonds is 4. The van der Waals surface area contributed by atoms with Gasteiger partial charge in [-0.05, 0) is 68.8 Å². The van der Waals surface area contributed by atoms with Gasteiger partial charge in [0.05, 0.1) is 0 Å². The van der Waals surface area contributed by atoms with Crippen LogP contribution in [0.1, 0.15) is 37.4 Å². The van der Waals surface area contributed by atoms with E-state index in [2.05, 4.69) is 16.3 Å². The maximum absolute atomic E-state index is 12.8. The Morgan fingerprint density at radius 3 is 2.03 bits per heavy atom. The Bertz CT molecular complexity index is 1110. The number of benzene rings is 3. The predicted octanol–water partition coefficient (Wildman–Crippen LogP) is 4.83. The lowest BCUT2D eigenvalue weighted by Crippen LogP contribution is -2.48. The molecule has 1 heterocycles. The Kier molecular flexibility index (Phi) is 6.26. The van der Waals surface area contributed by atoms with E-state index in [4.69, 9.17) is 0 Å². The van der Waals surface area contributed by atoms with Gasteiger partial charge in [-0.2, -0.15) is 0 Å². The number of aryl methyl sites for hydroxylation is 3. The smallest absolute Gasteiger partial charge is 0.255 e. The molecule has 0 atom stereocenters. The van der Waals surface area contributed by atoms with Crippen LogP contribution in [0.2, 0.25) is 0 Å². The third-order valence-corrected chi connectivity index (χ3v) is 5.92. The molecule has 0 unspecified atom stereocenters. The summed E-state index contributed by atoms with van der Waals surface area (Å²) < 4.78 is 0. The van der Waals surface area contributed by atoms with Crippen LogP contribution < -0.4 is 10.2 Å². The molecule has 4 rings (SSSR count). The van der Waals surface area contributed by atoms with Gasteiger partial charge < -0.3 is 15.1 Å². The molecule has 3 aromatic rings. The van der Waals surface area contributed by atoms with E-state index in [0.29, 0.717) is 18.7 Å². The average Bonchev–Trinajstić information content (AvgIpc) is 2.79. The zero-order chi connectivity index (χ0) is 22.7. The average molecular weight is 428 g/mol. The summed E-state index contributed by atoms with van der Waals surface area (Å²) in [5, 5.41) is 2.98. The Morgan fingerprint density at radius 1 is 0.781 bits per heavy atom. The molecule has 1 aliphatic rings. The largest absolute Gasteiger partial charge is 0.368 e. The minimum absolute atomic E-state index is 0.104. The molecule has 1 fully saturated rings. The van der Waals surface area contributed by atoms with E-state index in [-0.39, 0.29) is 11.8 Å². The van der Waals surface area contributed by atoms with Crippen molar-refractivity contribution in [2.24, 2.45) is 0 Å². The molecular weight excluding hydrogens is 398 g/mol. The number of amides is 2. The molecule has 32 heavy (non-hydrogen) atoms. The number of piperazine rings is 1. The first-order chi connectivity index (χ1) is 15.4. The van der Waals surface area contributed by atoms with E-state index in [1.54, 1.807) is 0 Å². The van der Waals surface area contributed by atoms with Gasteiger partial charge in [-0.15, -0.1) is 0 Å². The number of nitrogens with zero attached hydrogens (tertiary/aromatic N) is 2. The molecule has 0 aliphatic carbocycles. The zero-order valence-electron chi connectivity index (χ0n) is 18.9. The summed E-state index contributed by atoms with van der Waals surface area (Å²) in [7, 11) is 0. The van der Waals surface area contributed by atoms with E-state index < -0.39 is 0 Å². The van der Waals surface area contributed by atoms with Gasteiger partial charge in [0.25, 0.3) is 11.8 Å². The second kappa shape index (κ2) is 9.27. The molecule has 0 aromatic heterocycles. The summed E-state index contributed by atoms with van der Waals surface area (Å²) in [6.45, 7) is 8.91. The molecular formula is C27H29N3O2. The van der Waals surface area contributed by atoms with Crippen molar-refractivity contribution in [1.29, 1.82) is 0 Å². The van der Waals surface area contributed by atoms with Crippen LogP contribution in [-0.2, 0) is 0 Å². The zero-order valence-corrected chi connectivity index (χ0v) is 18.9. The summed E-state index contributed by atoms with van der Waals surface area (Å²) >= 11 is 0. The van der Waals surface area contributed by atoms with Crippen LogP contribution in [0.25, 0.3) is 0 Å². The lowest BCUT2D eigenvalue weighted by Gasteiger charge is -2.36. The normalized spacial score (nSPS) is 13.7. The number of nitrogens with one attached hydrogen (secondary N) is 1. The summed E-state index contributed by atoms with van der Waals surface area (Å²) in [4.78, 5) is 29.6. The monoisotopic (exact) mass is 427 g/mol. The molecule has 0 spiro atoms. The Balaban J connectivity index is 1.35. The number of carbonyl (C=O) groups excluding carboxylic acids is 2. The maximum Gasteiger partial charge on any atom is 0.255 e. The van der Waals surface area contributed by atoms with Gasteiger partial charge in [-0.3, -0.25) is 9.59 Å². The molecule has 164 valence electrons. The first-order valence-corrected chi connectivity index (χ1v) is 11.0. The van der Waals surface area contributed by atoms with Crippen molar-refractivity contribution >= 4 is 23.2 Å². The third-order valence-electron chi connectivity index (χ3n) is 5.92. The topological polar surface area (TPSA) is 52.7 Å². The highest BCUT2D eigenvalue weighted by Crippen LogP contribution is 2.21. The molecule has 0 radical (unpaired) electrons. The predicted molar refractivity (Wildman–Crippen MR) is 130 cm³/mol. The van der Waals surface area contributed by atoms with Gasteiger partial charge >= 0.3 is 0 Å². The molecule has 1 N–H and O–H groups in total. The lowest BCUT2D eigenvalue weighted by molar-refractivity contribution is 0.0746. The minimum atomic E-state index is -0.104. The van der Waals surface area contributed by atoms with Crippen molar-refractivity contribution < 1.29 is 9.59 Å². The Morgan fingerprint density at radius 2 is 1.41 bits per heavy atom. The molecule has 0 bridgehead atoms. The molecule has 1 saturated heterocycles. The van der Waals surface area contributed by atoms with Gasteiger partial charge in [0.2, 0.25) is 0 Å². The van der Waals surface area contributed by atoms with Crippen LogP contribution in [0.4, 0.5) is 11.4 Å². The second-order valence-electron chi connectivity index (χ2n) is 8.47. The number of anilines is 2. The van der Waals surface area contributed by atoms with Crippen LogP contribution in [0, 0.1) is 20.8 Å². The fourth-order valence-corrected chi connectivity index (χ4v) is 4.22. The highest BCUT2D eigenvalue weighted by molar-refractivity contribution is 6.04. The molecule has 0 saturated carbocycles. The number of hydrogen-bond donors (Lipinski definition) is 1. The second-order valence-corrected chi connectivity index (χ2v) is 8.47. The summed E-state index contributed by atoms with van der Waals surface area (Å²) in [6, 6.07) is 21.5.